The van der Waals surface area contributed by atoms with Gasteiger partial charge in [-0.15, -0.1) is 10.2 Å². The summed E-state index contributed by atoms with van der Waals surface area (Å²) in [5.41, 5.74) is 6.01. The molecule has 6 nitrogen and oxygen atoms in total. The van der Waals surface area contributed by atoms with Crippen LogP contribution in [0, 0.1) is 13.8 Å². The molecule has 0 aliphatic rings. The Hall–Kier alpha value is -2.89. The van der Waals surface area contributed by atoms with Crippen LogP contribution >= 0.6 is 0 Å². The van der Waals surface area contributed by atoms with E-state index in [0.717, 1.165) is 23.6 Å². The highest BCUT2D eigenvalue weighted by Crippen LogP contribution is 2.22. The van der Waals surface area contributed by atoms with Gasteiger partial charge in [-0.05, 0) is 43.0 Å². The molecular formula is C20H25N5O. The van der Waals surface area contributed by atoms with Gasteiger partial charge in [0.05, 0.1) is 11.3 Å². The topological polar surface area (TPSA) is 62.5 Å². The van der Waals surface area contributed by atoms with Crippen LogP contribution in [0.1, 0.15) is 39.8 Å². The molecule has 136 valence electrons. The fraction of sp³-hybridized carbons (Fsp3) is 0.350. The molecule has 0 aliphatic heterocycles. The molecule has 0 aliphatic carbocycles. The minimum atomic E-state index is -0.0480. The summed E-state index contributed by atoms with van der Waals surface area (Å²) in [6.07, 6.45) is 2.78. The average molecular weight is 351 g/mol. The molecule has 26 heavy (non-hydrogen) atoms. The number of pyridine rings is 1. The lowest BCUT2D eigenvalue weighted by molar-refractivity contribution is 0.0827. The second-order valence-electron chi connectivity index (χ2n) is 6.70. The molecule has 1 aromatic carbocycles. The van der Waals surface area contributed by atoms with Crippen molar-refractivity contribution in [2.24, 2.45) is 0 Å². The van der Waals surface area contributed by atoms with Gasteiger partial charge in [0.15, 0.2) is 5.65 Å². The van der Waals surface area contributed by atoms with E-state index in [1.54, 1.807) is 25.2 Å². The summed E-state index contributed by atoms with van der Waals surface area (Å²) < 4.78 is 1.86. The second kappa shape index (κ2) is 7.15. The summed E-state index contributed by atoms with van der Waals surface area (Å²) in [6.45, 7) is 6.84. The van der Waals surface area contributed by atoms with Gasteiger partial charge in [-0.2, -0.15) is 0 Å². The van der Waals surface area contributed by atoms with E-state index in [1.165, 1.54) is 16.7 Å². The van der Waals surface area contributed by atoms with Crippen molar-refractivity contribution in [1.29, 1.82) is 0 Å². The molecule has 0 atom stereocenters. The normalized spacial score (nSPS) is 11.0. The van der Waals surface area contributed by atoms with E-state index in [4.69, 9.17) is 0 Å². The molecule has 3 rings (SSSR count). The Bertz CT molecular complexity index is 958. The van der Waals surface area contributed by atoms with Crippen LogP contribution in [0.3, 0.4) is 0 Å². The van der Waals surface area contributed by atoms with Gasteiger partial charge in [-0.25, -0.2) is 0 Å². The summed E-state index contributed by atoms with van der Waals surface area (Å²) in [5.74, 6) is 0.704. The summed E-state index contributed by atoms with van der Waals surface area (Å²) in [4.78, 5) is 14.0. The van der Waals surface area contributed by atoms with Crippen LogP contribution < -0.4 is 5.32 Å². The fourth-order valence-electron chi connectivity index (χ4n) is 3.14. The van der Waals surface area contributed by atoms with Crippen LogP contribution in [0.5, 0.6) is 0 Å². The van der Waals surface area contributed by atoms with E-state index < -0.39 is 0 Å². The highest BCUT2D eigenvalue weighted by Gasteiger charge is 2.15. The first-order valence-electron chi connectivity index (χ1n) is 8.80. The van der Waals surface area contributed by atoms with E-state index in [-0.39, 0.29) is 5.91 Å². The van der Waals surface area contributed by atoms with Crippen LogP contribution in [0.4, 0.5) is 5.69 Å². The molecule has 2 aromatic heterocycles. The van der Waals surface area contributed by atoms with Crippen molar-refractivity contribution in [1.82, 2.24) is 19.5 Å². The number of hydrogen-bond acceptors (Lipinski definition) is 4. The molecule has 0 fully saturated rings. The lowest BCUT2D eigenvalue weighted by atomic mass is 10.00. The van der Waals surface area contributed by atoms with E-state index in [9.17, 15) is 4.79 Å². The average Bonchev–Trinajstić information content (AvgIpc) is 3.00. The maximum absolute atomic E-state index is 12.4. The standard InChI is InChI=1S/C20H25N5O/c1-6-15-9-7-8-13(2)17(15)11-21-18-10-16(20(26)24(4)5)12-25-14(3)22-23-19(18)25/h7-10,12,21H,6,11H2,1-5H3. The molecule has 0 radical (unpaired) electrons. The highest BCUT2D eigenvalue weighted by molar-refractivity contribution is 5.95. The number of carbonyl (C=O) groups is 1. The van der Waals surface area contributed by atoms with E-state index >= 15 is 0 Å². The van der Waals surface area contributed by atoms with Crippen molar-refractivity contribution in [3.8, 4) is 0 Å². The maximum Gasteiger partial charge on any atom is 0.254 e. The Morgan fingerprint density at radius 3 is 2.69 bits per heavy atom. The van der Waals surface area contributed by atoms with E-state index in [1.807, 2.05) is 17.4 Å². The first-order chi connectivity index (χ1) is 12.4. The number of nitrogens with zero attached hydrogens (tertiary/aromatic N) is 4. The molecule has 3 aromatic rings. The summed E-state index contributed by atoms with van der Waals surface area (Å²) in [7, 11) is 3.50. The molecular weight excluding hydrogens is 326 g/mol. The molecule has 1 N–H and O–H groups in total. The second-order valence-corrected chi connectivity index (χ2v) is 6.70. The Balaban J connectivity index is 2.01. The SMILES string of the molecule is CCc1cccc(C)c1CNc1cc(C(=O)N(C)C)cn2c(C)nnc12. The first kappa shape index (κ1) is 17.9. The van der Waals surface area contributed by atoms with Gasteiger partial charge >= 0.3 is 0 Å². The molecule has 2 heterocycles. The van der Waals surface area contributed by atoms with Gasteiger partial charge in [0.1, 0.15) is 5.82 Å². The summed E-state index contributed by atoms with van der Waals surface area (Å²) >= 11 is 0. The van der Waals surface area contributed by atoms with Crippen LogP contribution in [0.15, 0.2) is 30.5 Å². The molecule has 0 saturated carbocycles. The summed E-state index contributed by atoms with van der Waals surface area (Å²) in [6, 6.07) is 8.23. The molecule has 1 amide bonds. The van der Waals surface area contributed by atoms with Crippen LogP contribution in [-0.4, -0.2) is 39.5 Å². The zero-order chi connectivity index (χ0) is 18.8. The largest absolute Gasteiger partial charge is 0.378 e. The van der Waals surface area contributed by atoms with Crippen molar-refractivity contribution in [2.45, 2.75) is 33.7 Å². The fourth-order valence-corrected chi connectivity index (χ4v) is 3.14. The quantitative estimate of drug-likeness (QED) is 0.767. The molecule has 6 heteroatoms. The van der Waals surface area contributed by atoms with Crippen LogP contribution in [0.25, 0.3) is 5.65 Å². The maximum atomic E-state index is 12.4. The molecule has 0 unspecified atom stereocenters. The number of aromatic nitrogens is 3. The van der Waals surface area contributed by atoms with Gasteiger partial charge in [-0.3, -0.25) is 9.20 Å². The monoisotopic (exact) mass is 351 g/mol. The van der Waals surface area contributed by atoms with Crippen molar-refractivity contribution < 1.29 is 4.79 Å². The Morgan fingerprint density at radius 1 is 1.23 bits per heavy atom. The van der Waals surface area contributed by atoms with Gasteiger partial charge in [0.2, 0.25) is 0 Å². The number of anilines is 1. The van der Waals surface area contributed by atoms with Gasteiger partial charge in [0, 0.05) is 26.8 Å². The smallest absolute Gasteiger partial charge is 0.254 e. The minimum absolute atomic E-state index is 0.0480. The van der Waals surface area contributed by atoms with Crippen molar-refractivity contribution in [3.05, 3.63) is 58.5 Å². The zero-order valence-electron chi connectivity index (χ0n) is 16.0. The number of hydrogen-bond donors (Lipinski definition) is 1. The third-order valence-corrected chi connectivity index (χ3v) is 4.67. The number of fused-ring (bicyclic) bond motifs is 1. The number of amides is 1. The lowest BCUT2D eigenvalue weighted by Gasteiger charge is -2.16. The van der Waals surface area contributed by atoms with E-state index in [0.29, 0.717) is 12.1 Å². The van der Waals surface area contributed by atoms with E-state index in [2.05, 4.69) is 47.6 Å². The number of nitrogens with one attached hydrogen (secondary N) is 1. The minimum Gasteiger partial charge on any atom is -0.378 e. The van der Waals surface area contributed by atoms with Gasteiger partial charge in [0.25, 0.3) is 5.91 Å². The molecule has 0 bridgehead atoms. The molecule has 0 saturated heterocycles. The highest BCUT2D eigenvalue weighted by atomic mass is 16.2. The first-order valence-corrected chi connectivity index (χ1v) is 8.80. The predicted molar refractivity (Wildman–Crippen MR) is 104 cm³/mol. The van der Waals surface area contributed by atoms with Crippen molar-refractivity contribution in [3.63, 3.8) is 0 Å². The Kier molecular flexibility index (Phi) is 4.93. The summed E-state index contributed by atoms with van der Waals surface area (Å²) in [5, 5.41) is 11.9. The molecule has 0 spiro atoms. The van der Waals surface area contributed by atoms with Crippen molar-refractivity contribution >= 4 is 17.2 Å². The number of aryl methyl sites for hydroxylation is 3. The Morgan fingerprint density at radius 2 is 2.00 bits per heavy atom. The Labute approximate surface area is 153 Å². The predicted octanol–water partition coefficient (Wildman–Crippen LogP) is 3.22. The number of benzene rings is 1. The third kappa shape index (κ3) is 3.27. The third-order valence-electron chi connectivity index (χ3n) is 4.67. The van der Waals surface area contributed by atoms with Crippen molar-refractivity contribution in [2.75, 3.05) is 19.4 Å². The van der Waals surface area contributed by atoms with Crippen LogP contribution in [-0.2, 0) is 13.0 Å². The van der Waals surface area contributed by atoms with Gasteiger partial charge in [-0.1, -0.05) is 25.1 Å². The zero-order valence-corrected chi connectivity index (χ0v) is 16.0. The number of rotatable bonds is 5. The van der Waals surface area contributed by atoms with Gasteiger partial charge < -0.3 is 10.2 Å². The number of carbonyl (C=O) groups excluding carboxylic acids is 1. The van der Waals surface area contributed by atoms with Crippen LogP contribution in [0.2, 0.25) is 0 Å². The lowest BCUT2D eigenvalue weighted by Crippen LogP contribution is -2.22.